The average Bonchev–Trinajstić information content (AvgIpc) is 2.84. The number of para-hydroxylation sites is 1. The van der Waals surface area contributed by atoms with Gasteiger partial charge in [-0.2, -0.15) is 0 Å². The first-order valence-corrected chi connectivity index (χ1v) is 9.01. The van der Waals surface area contributed by atoms with Crippen molar-refractivity contribution in [2.45, 2.75) is 50.9 Å². The molecule has 6 nitrogen and oxygen atoms in total. The van der Waals surface area contributed by atoms with Gasteiger partial charge in [0.05, 0.1) is 17.3 Å². The van der Waals surface area contributed by atoms with Crippen molar-refractivity contribution in [2.75, 3.05) is 7.05 Å². The Morgan fingerprint density at radius 1 is 1.23 bits per heavy atom. The molecule has 0 aliphatic heterocycles. The van der Waals surface area contributed by atoms with Crippen LogP contribution in [0.3, 0.4) is 0 Å². The molecule has 0 bridgehead atoms. The average molecular weight is 355 g/mol. The molecule has 3 atom stereocenters. The number of hydrogen-bond donors (Lipinski definition) is 1. The van der Waals surface area contributed by atoms with Gasteiger partial charge in [0.1, 0.15) is 24.3 Å². The van der Waals surface area contributed by atoms with Gasteiger partial charge < -0.3 is 14.7 Å². The van der Waals surface area contributed by atoms with Crippen LogP contribution in [0.15, 0.2) is 42.9 Å². The molecule has 138 valence electrons. The molecule has 0 radical (unpaired) electrons. The molecule has 26 heavy (non-hydrogen) atoms. The Morgan fingerprint density at radius 2 is 1.96 bits per heavy atom. The molecule has 1 amide bonds. The molecule has 0 spiro atoms. The standard InChI is InChI=1S/C20H25N3O3/c1-14-16(12-21-13-22-14)20(25)23(2)17-10-6-7-11-18(19(17)24)26-15-8-4-3-5-9-15/h3-5,8-9,12-13,17-19,24H,6-7,10-11H2,1-2H3/t17-,18-,19-/m1/s1. The molecule has 1 aromatic carbocycles. The van der Waals surface area contributed by atoms with Crippen LogP contribution < -0.4 is 4.74 Å². The summed E-state index contributed by atoms with van der Waals surface area (Å²) in [5.41, 5.74) is 1.10. The van der Waals surface area contributed by atoms with E-state index in [-0.39, 0.29) is 18.1 Å². The third-order valence-electron chi connectivity index (χ3n) is 5.00. The number of aryl methyl sites for hydroxylation is 1. The Balaban J connectivity index is 1.77. The SMILES string of the molecule is Cc1ncncc1C(=O)N(C)[C@@H]1CCCC[C@@H](Oc2ccccc2)[C@@H]1O. The van der Waals surface area contributed by atoms with E-state index in [0.717, 1.165) is 31.4 Å². The third-order valence-corrected chi connectivity index (χ3v) is 5.00. The van der Waals surface area contributed by atoms with Gasteiger partial charge in [-0.05, 0) is 38.3 Å². The number of carbonyl (C=O) groups excluding carboxylic acids is 1. The van der Waals surface area contributed by atoms with Crippen LogP contribution in [0.4, 0.5) is 0 Å². The smallest absolute Gasteiger partial charge is 0.257 e. The van der Waals surface area contributed by atoms with Crippen LogP contribution in [-0.4, -0.2) is 51.2 Å². The molecule has 1 N–H and O–H groups in total. The summed E-state index contributed by atoms with van der Waals surface area (Å²) in [6, 6.07) is 9.19. The fourth-order valence-corrected chi connectivity index (χ4v) is 3.45. The van der Waals surface area contributed by atoms with E-state index < -0.39 is 6.10 Å². The first-order valence-electron chi connectivity index (χ1n) is 9.01. The Bertz CT molecular complexity index is 738. The fraction of sp³-hybridized carbons (Fsp3) is 0.450. The lowest BCUT2D eigenvalue weighted by molar-refractivity contribution is -0.0143. The van der Waals surface area contributed by atoms with Crippen LogP contribution in [0.25, 0.3) is 0 Å². The number of nitrogens with zero attached hydrogens (tertiary/aromatic N) is 3. The van der Waals surface area contributed by atoms with Gasteiger partial charge in [0.2, 0.25) is 0 Å². The molecule has 1 fully saturated rings. The molecule has 1 saturated carbocycles. The summed E-state index contributed by atoms with van der Waals surface area (Å²) in [5, 5.41) is 11.0. The second-order valence-electron chi connectivity index (χ2n) is 6.75. The van der Waals surface area contributed by atoms with Crippen molar-refractivity contribution in [2.24, 2.45) is 0 Å². The molecule has 0 unspecified atom stereocenters. The minimum absolute atomic E-state index is 0.174. The molecule has 2 aromatic rings. The largest absolute Gasteiger partial charge is 0.488 e. The molecule has 1 aromatic heterocycles. The zero-order valence-electron chi connectivity index (χ0n) is 15.2. The summed E-state index contributed by atoms with van der Waals surface area (Å²) in [5.74, 6) is 0.561. The number of aliphatic hydroxyl groups is 1. The van der Waals surface area contributed by atoms with Crippen LogP contribution in [0.2, 0.25) is 0 Å². The summed E-state index contributed by atoms with van der Waals surface area (Å²) in [7, 11) is 1.73. The Labute approximate surface area is 153 Å². The highest BCUT2D eigenvalue weighted by Gasteiger charge is 2.36. The van der Waals surface area contributed by atoms with Crippen molar-refractivity contribution in [3.8, 4) is 5.75 Å². The number of amides is 1. The molecule has 1 aliphatic rings. The Hall–Kier alpha value is -2.47. The van der Waals surface area contributed by atoms with E-state index in [9.17, 15) is 9.90 Å². The van der Waals surface area contributed by atoms with Crippen molar-refractivity contribution in [3.05, 3.63) is 54.1 Å². The molecule has 3 rings (SSSR count). The Kier molecular flexibility index (Phi) is 5.83. The number of benzene rings is 1. The zero-order chi connectivity index (χ0) is 18.5. The number of carbonyl (C=O) groups is 1. The van der Waals surface area contributed by atoms with Gasteiger partial charge in [-0.15, -0.1) is 0 Å². The molecule has 0 saturated heterocycles. The van der Waals surface area contributed by atoms with Gasteiger partial charge in [0.15, 0.2) is 0 Å². The van der Waals surface area contributed by atoms with Crippen LogP contribution >= 0.6 is 0 Å². The van der Waals surface area contributed by atoms with Crippen molar-refractivity contribution < 1.29 is 14.6 Å². The van der Waals surface area contributed by atoms with Crippen LogP contribution in [0.1, 0.15) is 41.7 Å². The molecular formula is C20H25N3O3. The minimum atomic E-state index is -0.753. The predicted molar refractivity (Wildman–Crippen MR) is 98.0 cm³/mol. The summed E-state index contributed by atoms with van der Waals surface area (Å²) in [6.45, 7) is 1.79. The highest BCUT2D eigenvalue weighted by Crippen LogP contribution is 2.27. The number of likely N-dealkylation sites (N-methyl/N-ethyl adjacent to an activating group) is 1. The van der Waals surface area contributed by atoms with Crippen molar-refractivity contribution in [1.82, 2.24) is 14.9 Å². The van der Waals surface area contributed by atoms with Crippen molar-refractivity contribution >= 4 is 5.91 Å². The lowest BCUT2D eigenvalue weighted by Crippen LogP contribution is -2.50. The van der Waals surface area contributed by atoms with E-state index in [1.54, 1.807) is 18.9 Å². The van der Waals surface area contributed by atoms with E-state index in [0.29, 0.717) is 11.3 Å². The Morgan fingerprint density at radius 3 is 2.69 bits per heavy atom. The summed E-state index contributed by atoms with van der Waals surface area (Å²) in [4.78, 5) is 22.5. The number of aromatic nitrogens is 2. The lowest BCUT2D eigenvalue weighted by atomic mass is 10.0. The first-order chi connectivity index (χ1) is 12.6. The number of hydrogen-bond acceptors (Lipinski definition) is 5. The minimum Gasteiger partial charge on any atom is -0.488 e. The molecule has 1 heterocycles. The van der Waals surface area contributed by atoms with E-state index in [4.69, 9.17) is 4.74 Å². The van der Waals surface area contributed by atoms with Crippen LogP contribution in [-0.2, 0) is 0 Å². The van der Waals surface area contributed by atoms with Gasteiger partial charge in [-0.3, -0.25) is 4.79 Å². The highest BCUT2D eigenvalue weighted by atomic mass is 16.5. The summed E-state index contributed by atoms with van der Waals surface area (Å²) >= 11 is 0. The molecule has 1 aliphatic carbocycles. The van der Waals surface area contributed by atoms with Crippen molar-refractivity contribution in [1.29, 1.82) is 0 Å². The topological polar surface area (TPSA) is 75.6 Å². The third kappa shape index (κ3) is 4.02. The predicted octanol–water partition coefficient (Wildman–Crippen LogP) is 2.61. The van der Waals surface area contributed by atoms with Crippen molar-refractivity contribution in [3.63, 3.8) is 0 Å². The monoisotopic (exact) mass is 355 g/mol. The first kappa shape index (κ1) is 18.3. The quantitative estimate of drug-likeness (QED) is 0.853. The van der Waals surface area contributed by atoms with Crippen LogP contribution in [0.5, 0.6) is 5.75 Å². The summed E-state index contributed by atoms with van der Waals surface area (Å²) in [6.07, 6.45) is 5.27. The van der Waals surface area contributed by atoms with Crippen LogP contribution in [0, 0.1) is 6.92 Å². The second kappa shape index (κ2) is 8.27. The van der Waals surface area contributed by atoms with Gasteiger partial charge in [-0.25, -0.2) is 9.97 Å². The fourth-order valence-electron chi connectivity index (χ4n) is 3.45. The number of rotatable bonds is 4. The zero-order valence-corrected chi connectivity index (χ0v) is 15.2. The summed E-state index contributed by atoms with van der Waals surface area (Å²) < 4.78 is 6.02. The highest BCUT2D eigenvalue weighted by molar-refractivity contribution is 5.94. The normalized spacial score (nSPS) is 23.1. The number of aliphatic hydroxyl groups excluding tert-OH is 1. The van der Waals surface area contributed by atoms with Gasteiger partial charge in [0.25, 0.3) is 5.91 Å². The second-order valence-corrected chi connectivity index (χ2v) is 6.75. The van der Waals surface area contributed by atoms with E-state index >= 15 is 0 Å². The van der Waals surface area contributed by atoms with E-state index in [2.05, 4.69) is 9.97 Å². The molecular weight excluding hydrogens is 330 g/mol. The van der Waals surface area contributed by atoms with Gasteiger partial charge in [0, 0.05) is 13.2 Å². The van der Waals surface area contributed by atoms with Gasteiger partial charge in [-0.1, -0.05) is 24.6 Å². The van der Waals surface area contributed by atoms with E-state index in [1.807, 2.05) is 30.3 Å². The maximum atomic E-state index is 12.9. The number of ether oxygens (including phenoxy) is 1. The lowest BCUT2D eigenvalue weighted by Gasteiger charge is -2.34. The van der Waals surface area contributed by atoms with E-state index in [1.165, 1.54) is 12.5 Å². The molecule has 6 heteroatoms. The van der Waals surface area contributed by atoms with Gasteiger partial charge >= 0.3 is 0 Å². The maximum absolute atomic E-state index is 12.9. The maximum Gasteiger partial charge on any atom is 0.257 e.